The topological polar surface area (TPSA) is 46.3 Å². The Kier molecular flexibility index (Phi) is 2.96. The number of nitrogens with zero attached hydrogens (tertiary/aromatic N) is 1. The standard InChI is InChI=1S/C14H20N2O/c1-14(2,3)16-8-7-12(17)13(16)10-5-4-6-11(15)9-10/h4-6,9,13H,7-8,15H2,1-3H3. The Labute approximate surface area is 103 Å². The zero-order valence-electron chi connectivity index (χ0n) is 10.7. The average molecular weight is 232 g/mol. The first-order valence-electron chi connectivity index (χ1n) is 6.04. The zero-order chi connectivity index (χ0) is 12.6. The van der Waals surface area contributed by atoms with Crippen LogP contribution in [-0.4, -0.2) is 22.8 Å². The summed E-state index contributed by atoms with van der Waals surface area (Å²) in [5.41, 5.74) is 7.53. The number of hydrogen-bond acceptors (Lipinski definition) is 3. The molecule has 0 spiro atoms. The third-order valence-corrected chi connectivity index (χ3v) is 3.30. The Morgan fingerprint density at radius 3 is 2.65 bits per heavy atom. The van der Waals surface area contributed by atoms with Crippen molar-refractivity contribution in [2.75, 3.05) is 12.3 Å². The summed E-state index contributed by atoms with van der Waals surface area (Å²) in [5.74, 6) is 0.297. The first-order chi connectivity index (χ1) is 7.89. The highest BCUT2D eigenvalue weighted by molar-refractivity contribution is 5.87. The Morgan fingerprint density at radius 1 is 1.35 bits per heavy atom. The van der Waals surface area contributed by atoms with E-state index in [2.05, 4.69) is 25.7 Å². The Bertz CT molecular complexity index is 434. The molecule has 0 bridgehead atoms. The Balaban J connectivity index is 2.38. The van der Waals surface area contributed by atoms with Crippen LogP contribution in [0.2, 0.25) is 0 Å². The van der Waals surface area contributed by atoms with Crippen LogP contribution in [-0.2, 0) is 4.79 Å². The number of anilines is 1. The number of ketones is 1. The molecule has 92 valence electrons. The molecule has 1 unspecified atom stereocenters. The number of Topliss-reactive ketones (excluding diaryl/α,β-unsaturated/α-hetero) is 1. The molecule has 0 amide bonds. The summed E-state index contributed by atoms with van der Waals surface area (Å²) in [6, 6.07) is 7.54. The highest BCUT2D eigenvalue weighted by Gasteiger charge is 2.39. The van der Waals surface area contributed by atoms with Crippen LogP contribution in [0.3, 0.4) is 0 Å². The van der Waals surface area contributed by atoms with Gasteiger partial charge in [0.25, 0.3) is 0 Å². The molecule has 0 saturated carbocycles. The maximum Gasteiger partial charge on any atom is 0.155 e. The minimum absolute atomic E-state index is 0.00142. The largest absolute Gasteiger partial charge is 0.399 e. The second kappa shape index (κ2) is 4.15. The number of likely N-dealkylation sites (tertiary alicyclic amines) is 1. The molecule has 17 heavy (non-hydrogen) atoms. The fraction of sp³-hybridized carbons (Fsp3) is 0.500. The van der Waals surface area contributed by atoms with Gasteiger partial charge >= 0.3 is 0 Å². The van der Waals surface area contributed by atoms with Crippen LogP contribution in [0.15, 0.2) is 24.3 Å². The van der Waals surface area contributed by atoms with E-state index < -0.39 is 0 Å². The van der Waals surface area contributed by atoms with Crippen molar-refractivity contribution in [3.05, 3.63) is 29.8 Å². The van der Waals surface area contributed by atoms with Crippen molar-refractivity contribution < 1.29 is 4.79 Å². The summed E-state index contributed by atoms with van der Waals surface area (Å²) in [7, 11) is 0. The van der Waals surface area contributed by atoms with Crippen molar-refractivity contribution in [3.8, 4) is 0 Å². The Hall–Kier alpha value is -1.35. The van der Waals surface area contributed by atoms with Crippen LogP contribution in [0.5, 0.6) is 0 Å². The van der Waals surface area contributed by atoms with Crippen molar-refractivity contribution in [2.24, 2.45) is 0 Å². The van der Waals surface area contributed by atoms with Crippen molar-refractivity contribution in [1.29, 1.82) is 0 Å². The van der Waals surface area contributed by atoms with E-state index in [0.717, 1.165) is 17.8 Å². The van der Waals surface area contributed by atoms with Crippen molar-refractivity contribution in [3.63, 3.8) is 0 Å². The smallest absolute Gasteiger partial charge is 0.155 e. The van der Waals surface area contributed by atoms with Gasteiger partial charge in [0.1, 0.15) is 0 Å². The number of nitrogens with two attached hydrogens (primary N) is 1. The predicted molar refractivity (Wildman–Crippen MR) is 69.7 cm³/mol. The van der Waals surface area contributed by atoms with Gasteiger partial charge in [0.15, 0.2) is 5.78 Å². The molecule has 0 aliphatic carbocycles. The fourth-order valence-electron chi connectivity index (χ4n) is 2.49. The monoisotopic (exact) mass is 232 g/mol. The lowest BCUT2D eigenvalue weighted by atomic mass is 9.98. The highest BCUT2D eigenvalue weighted by atomic mass is 16.1. The van der Waals surface area contributed by atoms with Crippen LogP contribution in [0, 0.1) is 0 Å². The Morgan fingerprint density at radius 2 is 2.06 bits per heavy atom. The number of hydrogen-bond donors (Lipinski definition) is 1. The van der Waals surface area contributed by atoms with Crippen molar-refractivity contribution >= 4 is 11.5 Å². The third kappa shape index (κ3) is 2.34. The molecule has 3 heteroatoms. The molecule has 3 nitrogen and oxygen atoms in total. The van der Waals surface area contributed by atoms with Gasteiger partial charge in [-0.1, -0.05) is 12.1 Å². The number of benzene rings is 1. The molecule has 2 rings (SSSR count). The van der Waals surface area contributed by atoms with E-state index in [1.807, 2.05) is 24.3 Å². The summed E-state index contributed by atoms with van der Waals surface area (Å²) < 4.78 is 0. The lowest BCUT2D eigenvalue weighted by molar-refractivity contribution is -0.120. The van der Waals surface area contributed by atoms with Gasteiger partial charge in [-0.2, -0.15) is 0 Å². The maximum absolute atomic E-state index is 12.1. The van der Waals surface area contributed by atoms with Gasteiger partial charge in [-0.25, -0.2) is 0 Å². The maximum atomic E-state index is 12.1. The minimum Gasteiger partial charge on any atom is -0.399 e. The van der Waals surface area contributed by atoms with Crippen LogP contribution in [0.25, 0.3) is 0 Å². The molecule has 1 heterocycles. The summed E-state index contributed by atoms with van der Waals surface area (Å²) >= 11 is 0. The number of carbonyl (C=O) groups excluding carboxylic acids is 1. The molecule has 1 saturated heterocycles. The first kappa shape index (κ1) is 12.1. The molecular weight excluding hydrogens is 212 g/mol. The molecule has 1 aliphatic rings. The predicted octanol–water partition coefficient (Wildman–Crippen LogP) is 2.38. The van der Waals surface area contributed by atoms with Gasteiger partial charge in [0.05, 0.1) is 6.04 Å². The molecule has 1 atom stereocenters. The second-order valence-corrected chi connectivity index (χ2v) is 5.65. The van der Waals surface area contributed by atoms with E-state index in [4.69, 9.17) is 5.73 Å². The van der Waals surface area contributed by atoms with E-state index in [9.17, 15) is 4.79 Å². The van der Waals surface area contributed by atoms with E-state index in [1.54, 1.807) is 0 Å². The summed E-state index contributed by atoms with van der Waals surface area (Å²) in [4.78, 5) is 14.3. The van der Waals surface area contributed by atoms with Gasteiger partial charge in [-0.3, -0.25) is 9.69 Å². The van der Waals surface area contributed by atoms with E-state index >= 15 is 0 Å². The van der Waals surface area contributed by atoms with Crippen LogP contribution < -0.4 is 5.73 Å². The second-order valence-electron chi connectivity index (χ2n) is 5.65. The zero-order valence-corrected chi connectivity index (χ0v) is 10.7. The fourth-order valence-corrected chi connectivity index (χ4v) is 2.49. The summed E-state index contributed by atoms with van der Waals surface area (Å²) in [5, 5.41) is 0. The van der Waals surface area contributed by atoms with Crippen LogP contribution in [0.1, 0.15) is 38.8 Å². The molecule has 0 aromatic heterocycles. The van der Waals surface area contributed by atoms with Crippen molar-refractivity contribution in [1.82, 2.24) is 4.90 Å². The average Bonchev–Trinajstić information content (AvgIpc) is 2.59. The lowest BCUT2D eigenvalue weighted by Gasteiger charge is -2.36. The highest BCUT2D eigenvalue weighted by Crippen LogP contribution is 2.35. The molecule has 1 aliphatic heterocycles. The summed E-state index contributed by atoms with van der Waals surface area (Å²) in [6.45, 7) is 7.27. The molecule has 1 aromatic rings. The quantitative estimate of drug-likeness (QED) is 0.756. The van der Waals surface area contributed by atoms with Gasteiger partial charge < -0.3 is 5.73 Å². The number of rotatable bonds is 1. The van der Waals surface area contributed by atoms with E-state index in [0.29, 0.717) is 12.2 Å². The van der Waals surface area contributed by atoms with E-state index in [1.165, 1.54) is 0 Å². The van der Waals surface area contributed by atoms with Gasteiger partial charge in [0, 0.05) is 24.2 Å². The van der Waals surface area contributed by atoms with Gasteiger partial charge in [0.2, 0.25) is 0 Å². The van der Waals surface area contributed by atoms with Gasteiger partial charge in [-0.05, 0) is 38.5 Å². The molecule has 2 N–H and O–H groups in total. The molecular formula is C14H20N2O. The van der Waals surface area contributed by atoms with Crippen LogP contribution >= 0.6 is 0 Å². The van der Waals surface area contributed by atoms with Crippen LogP contribution in [0.4, 0.5) is 5.69 Å². The third-order valence-electron chi connectivity index (χ3n) is 3.30. The summed E-state index contributed by atoms with van der Waals surface area (Å²) in [6.07, 6.45) is 0.636. The SMILES string of the molecule is CC(C)(C)N1CCC(=O)C1c1cccc(N)c1. The van der Waals surface area contributed by atoms with Crippen molar-refractivity contribution in [2.45, 2.75) is 38.8 Å². The minimum atomic E-state index is -0.126. The molecule has 1 aromatic carbocycles. The first-order valence-corrected chi connectivity index (χ1v) is 6.04. The van der Waals surface area contributed by atoms with E-state index in [-0.39, 0.29) is 11.6 Å². The number of nitrogen functional groups attached to an aromatic ring is 1. The normalized spacial score (nSPS) is 22.1. The number of carbonyl (C=O) groups is 1. The van der Waals surface area contributed by atoms with Gasteiger partial charge in [-0.15, -0.1) is 0 Å². The molecule has 1 fully saturated rings. The molecule has 0 radical (unpaired) electrons. The lowest BCUT2D eigenvalue weighted by Crippen LogP contribution is -2.41.